The summed E-state index contributed by atoms with van der Waals surface area (Å²) in [6.07, 6.45) is 3.98. The third-order valence-corrected chi connectivity index (χ3v) is 5.03. The van der Waals surface area contributed by atoms with E-state index in [0.717, 1.165) is 10.6 Å². The maximum absolute atomic E-state index is 6.23. The van der Waals surface area contributed by atoms with Crippen LogP contribution in [0.4, 0.5) is 5.69 Å². The summed E-state index contributed by atoms with van der Waals surface area (Å²) in [5.74, 6) is 0. The van der Waals surface area contributed by atoms with Crippen LogP contribution in [0.5, 0.6) is 0 Å². The zero-order valence-corrected chi connectivity index (χ0v) is 11.8. The monoisotopic (exact) mass is 264 g/mol. The van der Waals surface area contributed by atoms with E-state index in [-0.39, 0.29) is 0 Å². The molecule has 1 N–H and O–H groups in total. The molecule has 0 unspecified atom stereocenters. The summed E-state index contributed by atoms with van der Waals surface area (Å²) in [5, 5.41) is 4.36. The Morgan fingerprint density at radius 2 is 2.00 bits per heavy atom. The molecule has 18 heavy (non-hydrogen) atoms. The molecule has 2 nitrogen and oxygen atoms in total. The molecule has 2 aliphatic rings. The smallest absolute Gasteiger partial charge is 0.0455 e. The highest BCUT2D eigenvalue weighted by Crippen LogP contribution is 2.40. The van der Waals surface area contributed by atoms with Gasteiger partial charge >= 0.3 is 0 Å². The summed E-state index contributed by atoms with van der Waals surface area (Å²) in [4.78, 5) is 2.51. The molecule has 0 amide bonds. The van der Waals surface area contributed by atoms with Gasteiger partial charge in [-0.05, 0) is 62.4 Å². The number of nitrogens with zero attached hydrogens (tertiary/aromatic N) is 1. The molecule has 2 saturated heterocycles. The lowest BCUT2D eigenvalue weighted by Gasteiger charge is -2.34. The number of anilines is 1. The molecule has 0 aromatic heterocycles. The molecule has 0 radical (unpaired) electrons. The number of hydrogen-bond acceptors (Lipinski definition) is 2. The van der Waals surface area contributed by atoms with E-state index in [9.17, 15) is 0 Å². The Kier molecular flexibility index (Phi) is 3.25. The van der Waals surface area contributed by atoms with E-state index in [0.29, 0.717) is 5.41 Å². The van der Waals surface area contributed by atoms with Crippen LogP contribution in [0, 0.1) is 12.3 Å². The van der Waals surface area contributed by atoms with Crippen LogP contribution in [0.25, 0.3) is 0 Å². The lowest BCUT2D eigenvalue weighted by Crippen LogP contribution is -2.38. The fraction of sp³-hybridized carbons (Fsp3) is 0.600. The fourth-order valence-electron chi connectivity index (χ4n) is 3.30. The van der Waals surface area contributed by atoms with Crippen LogP contribution in [0.3, 0.4) is 0 Å². The highest BCUT2D eigenvalue weighted by atomic mass is 35.5. The maximum atomic E-state index is 6.23. The minimum atomic E-state index is 0.558. The first-order valence-corrected chi connectivity index (χ1v) is 7.28. The van der Waals surface area contributed by atoms with Crippen LogP contribution in [0.15, 0.2) is 18.2 Å². The van der Waals surface area contributed by atoms with Crippen molar-refractivity contribution in [2.45, 2.75) is 26.2 Å². The molecule has 2 fully saturated rings. The Hall–Kier alpha value is -0.730. The van der Waals surface area contributed by atoms with Gasteiger partial charge in [0.25, 0.3) is 0 Å². The third kappa shape index (κ3) is 2.24. The molecular weight excluding hydrogens is 244 g/mol. The molecule has 2 heterocycles. The molecule has 1 spiro atoms. The van der Waals surface area contributed by atoms with E-state index in [1.54, 1.807) is 0 Å². The van der Waals surface area contributed by atoms with Gasteiger partial charge in [0.1, 0.15) is 0 Å². The standard InChI is InChI=1S/C15H21ClN2/c1-12-2-3-13(10-14(12)16)18-9-6-15(11-18)4-7-17-8-5-15/h2-3,10,17H,4-9,11H2,1H3. The molecule has 1 aromatic carbocycles. The topological polar surface area (TPSA) is 15.3 Å². The number of rotatable bonds is 1. The lowest BCUT2D eigenvalue weighted by molar-refractivity contribution is 0.232. The summed E-state index contributed by atoms with van der Waals surface area (Å²) in [5.41, 5.74) is 3.01. The summed E-state index contributed by atoms with van der Waals surface area (Å²) >= 11 is 6.23. The van der Waals surface area contributed by atoms with Gasteiger partial charge < -0.3 is 10.2 Å². The minimum absolute atomic E-state index is 0.558. The quantitative estimate of drug-likeness (QED) is 0.838. The van der Waals surface area contributed by atoms with Gasteiger partial charge in [0.2, 0.25) is 0 Å². The average molecular weight is 265 g/mol. The van der Waals surface area contributed by atoms with Crippen LogP contribution in [0.2, 0.25) is 5.02 Å². The van der Waals surface area contributed by atoms with Gasteiger partial charge in [-0.3, -0.25) is 0 Å². The number of piperidine rings is 1. The zero-order chi connectivity index (χ0) is 12.6. The molecule has 3 heteroatoms. The van der Waals surface area contributed by atoms with Crippen molar-refractivity contribution in [2.24, 2.45) is 5.41 Å². The fourth-order valence-corrected chi connectivity index (χ4v) is 3.47. The van der Waals surface area contributed by atoms with Crippen molar-refractivity contribution in [3.05, 3.63) is 28.8 Å². The molecule has 0 aliphatic carbocycles. The Labute approximate surface area is 114 Å². The van der Waals surface area contributed by atoms with Crippen LogP contribution < -0.4 is 10.2 Å². The Morgan fingerprint density at radius 1 is 1.22 bits per heavy atom. The largest absolute Gasteiger partial charge is 0.371 e. The zero-order valence-electron chi connectivity index (χ0n) is 11.0. The molecule has 0 atom stereocenters. The van der Waals surface area contributed by atoms with E-state index in [1.165, 1.54) is 51.1 Å². The van der Waals surface area contributed by atoms with Crippen molar-refractivity contribution < 1.29 is 0 Å². The summed E-state index contributed by atoms with van der Waals surface area (Å²) in [6.45, 7) is 6.81. The van der Waals surface area contributed by atoms with Gasteiger partial charge in [-0.25, -0.2) is 0 Å². The van der Waals surface area contributed by atoms with Crippen LogP contribution in [-0.2, 0) is 0 Å². The maximum Gasteiger partial charge on any atom is 0.0455 e. The van der Waals surface area contributed by atoms with E-state index >= 15 is 0 Å². The van der Waals surface area contributed by atoms with Gasteiger partial charge in [-0.15, -0.1) is 0 Å². The lowest BCUT2D eigenvalue weighted by atomic mass is 9.78. The highest BCUT2D eigenvalue weighted by Gasteiger charge is 2.38. The molecule has 98 valence electrons. The highest BCUT2D eigenvalue weighted by molar-refractivity contribution is 6.31. The van der Waals surface area contributed by atoms with Crippen molar-refractivity contribution >= 4 is 17.3 Å². The Balaban J connectivity index is 1.76. The van der Waals surface area contributed by atoms with Gasteiger partial charge in [0.05, 0.1) is 0 Å². The van der Waals surface area contributed by atoms with E-state index in [2.05, 4.69) is 35.3 Å². The van der Waals surface area contributed by atoms with Crippen molar-refractivity contribution in [1.29, 1.82) is 0 Å². The number of hydrogen-bond donors (Lipinski definition) is 1. The Bertz CT molecular complexity index is 438. The van der Waals surface area contributed by atoms with E-state index in [4.69, 9.17) is 11.6 Å². The first-order chi connectivity index (χ1) is 8.69. The SMILES string of the molecule is Cc1ccc(N2CCC3(CCNCC3)C2)cc1Cl. The number of benzene rings is 1. The van der Waals surface area contributed by atoms with Crippen molar-refractivity contribution in [3.63, 3.8) is 0 Å². The summed E-state index contributed by atoms with van der Waals surface area (Å²) in [7, 11) is 0. The van der Waals surface area contributed by atoms with Gasteiger partial charge in [0.15, 0.2) is 0 Å². The third-order valence-electron chi connectivity index (χ3n) is 4.62. The van der Waals surface area contributed by atoms with Crippen molar-refractivity contribution in [2.75, 3.05) is 31.1 Å². The van der Waals surface area contributed by atoms with Gasteiger partial charge in [0, 0.05) is 23.8 Å². The van der Waals surface area contributed by atoms with Crippen molar-refractivity contribution in [3.8, 4) is 0 Å². The first kappa shape index (κ1) is 12.3. The Morgan fingerprint density at radius 3 is 2.72 bits per heavy atom. The van der Waals surface area contributed by atoms with Crippen molar-refractivity contribution in [1.82, 2.24) is 5.32 Å². The van der Waals surface area contributed by atoms with Gasteiger partial charge in [-0.1, -0.05) is 17.7 Å². The second-order valence-corrected chi connectivity index (χ2v) is 6.26. The minimum Gasteiger partial charge on any atom is -0.371 e. The molecule has 3 rings (SSSR count). The predicted molar refractivity (Wildman–Crippen MR) is 77.6 cm³/mol. The summed E-state index contributed by atoms with van der Waals surface area (Å²) in [6, 6.07) is 6.46. The molecule has 2 aliphatic heterocycles. The number of aryl methyl sites for hydroxylation is 1. The number of halogens is 1. The predicted octanol–water partition coefficient (Wildman–Crippen LogP) is 3.23. The van der Waals surface area contributed by atoms with E-state index < -0.39 is 0 Å². The van der Waals surface area contributed by atoms with Gasteiger partial charge in [-0.2, -0.15) is 0 Å². The molecular formula is C15H21ClN2. The average Bonchev–Trinajstić information content (AvgIpc) is 2.78. The molecule has 1 aromatic rings. The second kappa shape index (κ2) is 4.75. The first-order valence-electron chi connectivity index (χ1n) is 6.90. The van der Waals surface area contributed by atoms with Crippen LogP contribution in [-0.4, -0.2) is 26.2 Å². The van der Waals surface area contributed by atoms with Crippen LogP contribution >= 0.6 is 11.6 Å². The molecule has 0 saturated carbocycles. The van der Waals surface area contributed by atoms with E-state index in [1.807, 2.05) is 0 Å². The number of nitrogens with one attached hydrogen (secondary N) is 1. The normalized spacial score (nSPS) is 22.7. The molecule has 0 bridgehead atoms. The summed E-state index contributed by atoms with van der Waals surface area (Å²) < 4.78 is 0. The van der Waals surface area contributed by atoms with Crippen LogP contribution in [0.1, 0.15) is 24.8 Å². The second-order valence-electron chi connectivity index (χ2n) is 5.86.